The molecule has 0 aromatic heterocycles. The summed E-state index contributed by atoms with van der Waals surface area (Å²) in [6.45, 7) is 5.87. The number of benzene rings is 1. The molecule has 3 N–H and O–H groups in total. The van der Waals surface area contributed by atoms with Crippen LogP contribution in [0.3, 0.4) is 0 Å². The Labute approximate surface area is 136 Å². The Bertz CT molecular complexity index is 564. The highest BCUT2D eigenvalue weighted by atomic mass is 16.5. The molecule has 1 aromatic carbocycles. The van der Waals surface area contributed by atoms with Crippen LogP contribution in [0.2, 0.25) is 0 Å². The Hall–Kier alpha value is -2.37. The normalized spacial score (nSPS) is 11.6. The SMILES string of the molecule is CCOC(=O)CCC(=O)N[C@H](Cc1c(C)cccc1C)C(N)=O. The van der Waals surface area contributed by atoms with Gasteiger partial charge in [0, 0.05) is 12.8 Å². The highest BCUT2D eigenvalue weighted by Gasteiger charge is 2.20. The van der Waals surface area contributed by atoms with Crippen LogP contribution in [0.5, 0.6) is 0 Å². The number of aryl methyl sites for hydroxylation is 2. The minimum absolute atomic E-state index is 0.0193. The van der Waals surface area contributed by atoms with Crippen molar-refractivity contribution in [3.8, 4) is 0 Å². The first kappa shape index (κ1) is 18.7. The lowest BCUT2D eigenvalue weighted by Gasteiger charge is -2.18. The summed E-state index contributed by atoms with van der Waals surface area (Å²) in [6.07, 6.45) is 0.281. The summed E-state index contributed by atoms with van der Waals surface area (Å²) in [5.74, 6) is -1.43. The van der Waals surface area contributed by atoms with E-state index < -0.39 is 23.8 Å². The van der Waals surface area contributed by atoms with Crippen LogP contribution < -0.4 is 11.1 Å². The number of ether oxygens (including phenoxy) is 1. The number of hydrogen-bond donors (Lipinski definition) is 2. The van der Waals surface area contributed by atoms with Gasteiger partial charge in [-0.15, -0.1) is 0 Å². The van der Waals surface area contributed by atoms with E-state index in [0.29, 0.717) is 6.42 Å². The molecule has 0 unspecified atom stereocenters. The van der Waals surface area contributed by atoms with Crippen molar-refractivity contribution < 1.29 is 19.1 Å². The van der Waals surface area contributed by atoms with Crippen LogP contribution in [0, 0.1) is 13.8 Å². The number of nitrogens with two attached hydrogens (primary N) is 1. The summed E-state index contributed by atoms with van der Waals surface area (Å²) < 4.78 is 4.76. The Morgan fingerprint density at radius 2 is 1.78 bits per heavy atom. The second kappa shape index (κ2) is 8.92. The molecule has 0 spiro atoms. The smallest absolute Gasteiger partial charge is 0.306 e. The van der Waals surface area contributed by atoms with Gasteiger partial charge in [0.15, 0.2) is 0 Å². The molecule has 6 heteroatoms. The maximum absolute atomic E-state index is 11.9. The van der Waals surface area contributed by atoms with Gasteiger partial charge in [-0.3, -0.25) is 14.4 Å². The zero-order valence-corrected chi connectivity index (χ0v) is 13.8. The van der Waals surface area contributed by atoms with Crippen molar-refractivity contribution in [2.24, 2.45) is 5.73 Å². The molecule has 2 amide bonds. The standard InChI is InChI=1S/C17H24N2O4/c1-4-23-16(21)9-8-15(20)19-14(17(18)22)10-13-11(2)6-5-7-12(13)3/h5-7,14H,4,8-10H2,1-3H3,(H2,18,22)(H,19,20)/t14-/m1/s1. The van der Waals surface area contributed by atoms with Gasteiger partial charge in [-0.05, 0) is 37.5 Å². The van der Waals surface area contributed by atoms with Gasteiger partial charge in [-0.2, -0.15) is 0 Å². The number of hydrogen-bond acceptors (Lipinski definition) is 4. The van der Waals surface area contributed by atoms with Gasteiger partial charge in [0.1, 0.15) is 6.04 Å². The van der Waals surface area contributed by atoms with E-state index in [1.807, 2.05) is 32.0 Å². The zero-order chi connectivity index (χ0) is 17.4. The van der Waals surface area contributed by atoms with Gasteiger partial charge in [-0.25, -0.2) is 0 Å². The molecule has 1 atom stereocenters. The molecule has 1 aromatic rings. The lowest BCUT2D eigenvalue weighted by molar-refractivity contribution is -0.144. The largest absolute Gasteiger partial charge is 0.466 e. The molecule has 0 fully saturated rings. The van der Waals surface area contributed by atoms with Crippen LogP contribution in [0.4, 0.5) is 0 Å². The number of amides is 2. The van der Waals surface area contributed by atoms with E-state index in [1.54, 1.807) is 6.92 Å². The highest BCUT2D eigenvalue weighted by Crippen LogP contribution is 2.15. The molecule has 0 bridgehead atoms. The van der Waals surface area contributed by atoms with Crippen LogP contribution in [0.1, 0.15) is 36.5 Å². The molecular weight excluding hydrogens is 296 g/mol. The van der Waals surface area contributed by atoms with Crippen molar-refractivity contribution >= 4 is 17.8 Å². The lowest BCUT2D eigenvalue weighted by atomic mass is 9.96. The maximum Gasteiger partial charge on any atom is 0.306 e. The average Bonchev–Trinajstić information content (AvgIpc) is 2.48. The molecule has 126 valence electrons. The number of nitrogens with one attached hydrogen (secondary N) is 1. The highest BCUT2D eigenvalue weighted by molar-refractivity contribution is 5.88. The number of esters is 1. The first-order chi connectivity index (χ1) is 10.8. The quantitative estimate of drug-likeness (QED) is 0.702. The first-order valence-electron chi connectivity index (χ1n) is 7.64. The van der Waals surface area contributed by atoms with Gasteiger partial charge in [0.25, 0.3) is 0 Å². The predicted molar refractivity (Wildman–Crippen MR) is 86.6 cm³/mol. The third-order valence-corrected chi connectivity index (χ3v) is 3.59. The molecule has 0 aliphatic carbocycles. The monoisotopic (exact) mass is 320 g/mol. The molecule has 6 nitrogen and oxygen atoms in total. The van der Waals surface area contributed by atoms with E-state index in [9.17, 15) is 14.4 Å². The summed E-state index contributed by atoms with van der Waals surface area (Å²) in [6, 6.07) is 5.03. The van der Waals surface area contributed by atoms with Crippen LogP contribution in [0.25, 0.3) is 0 Å². The van der Waals surface area contributed by atoms with E-state index in [2.05, 4.69) is 5.32 Å². The van der Waals surface area contributed by atoms with Gasteiger partial charge >= 0.3 is 5.97 Å². The fourth-order valence-electron chi connectivity index (χ4n) is 2.31. The molecular formula is C17H24N2O4. The van der Waals surface area contributed by atoms with Crippen molar-refractivity contribution in [2.75, 3.05) is 6.61 Å². The fraction of sp³-hybridized carbons (Fsp3) is 0.471. The summed E-state index contributed by atoms with van der Waals surface area (Å²) >= 11 is 0. The van der Waals surface area contributed by atoms with E-state index in [-0.39, 0.29) is 19.4 Å². The third-order valence-electron chi connectivity index (χ3n) is 3.59. The average molecular weight is 320 g/mol. The van der Waals surface area contributed by atoms with Crippen molar-refractivity contribution in [3.63, 3.8) is 0 Å². The van der Waals surface area contributed by atoms with E-state index in [0.717, 1.165) is 16.7 Å². The Balaban J connectivity index is 2.67. The topological polar surface area (TPSA) is 98.5 Å². The minimum atomic E-state index is -0.801. The molecule has 0 heterocycles. The Morgan fingerprint density at radius 1 is 1.17 bits per heavy atom. The molecule has 0 aliphatic heterocycles. The summed E-state index contributed by atoms with van der Waals surface area (Å²) in [5, 5.41) is 2.60. The van der Waals surface area contributed by atoms with Crippen molar-refractivity contribution in [1.82, 2.24) is 5.32 Å². The number of carbonyl (C=O) groups is 3. The first-order valence-corrected chi connectivity index (χ1v) is 7.64. The Kier molecular flexibility index (Phi) is 7.25. The molecule has 0 radical (unpaired) electrons. The van der Waals surface area contributed by atoms with Crippen LogP contribution in [0.15, 0.2) is 18.2 Å². The lowest BCUT2D eigenvalue weighted by Crippen LogP contribution is -2.46. The maximum atomic E-state index is 11.9. The van der Waals surface area contributed by atoms with Crippen molar-refractivity contribution in [3.05, 3.63) is 34.9 Å². The Morgan fingerprint density at radius 3 is 2.30 bits per heavy atom. The molecule has 0 saturated heterocycles. The second-order valence-electron chi connectivity index (χ2n) is 5.40. The molecule has 23 heavy (non-hydrogen) atoms. The third kappa shape index (κ3) is 6.10. The summed E-state index contributed by atoms with van der Waals surface area (Å²) in [4.78, 5) is 34.8. The summed E-state index contributed by atoms with van der Waals surface area (Å²) in [5.41, 5.74) is 8.46. The second-order valence-corrected chi connectivity index (χ2v) is 5.40. The van der Waals surface area contributed by atoms with Gasteiger partial charge in [0.05, 0.1) is 13.0 Å². The summed E-state index contributed by atoms with van der Waals surface area (Å²) in [7, 11) is 0. The predicted octanol–water partition coefficient (Wildman–Crippen LogP) is 1.16. The van der Waals surface area contributed by atoms with Crippen molar-refractivity contribution in [1.29, 1.82) is 0 Å². The van der Waals surface area contributed by atoms with Crippen molar-refractivity contribution in [2.45, 2.75) is 46.1 Å². The van der Waals surface area contributed by atoms with Crippen LogP contribution >= 0.6 is 0 Å². The zero-order valence-electron chi connectivity index (χ0n) is 13.8. The number of primary amides is 1. The van der Waals surface area contributed by atoms with E-state index in [4.69, 9.17) is 10.5 Å². The van der Waals surface area contributed by atoms with E-state index in [1.165, 1.54) is 0 Å². The van der Waals surface area contributed by atoms with E-state index >= 15 is 0 Å². The van der Waals surface area contributed by atoms with Crippen LogP contribution in [-0.2, 0) is 25.5 Å². The fourth-order valence-corrected chi connectivity index (χ4v) is 2.31. The number of rotatable bonds is 8. The van der Waals surface area contributed by atoms with Gasteiger partial charge in [-0.1, -0.05) is 18.2 Å². The van der Waals surface area contributed by atoms with Gasteiger partial charge < -0.3 is 15.8 Å². The van der Waals surface area contributed by atoms with Crippen LogP contribution in [-0.4, -0.2) is 30.4 Å². The molecule has 1 rings (SSSR count). The molecule has 0 saturated carbocycles. The van der Waals surface area contributed by atoms with Gasteiger partial charge in [0.2, 0.25) is 11.8 Å². The molecule has 0 aliphatic rings. The number of carbonyl (C=O) groups excluding carboxylic acids is 3. The minimum Gasteiger partial charge on any atom is -0.466 e.